The van der Waals surface area contributed by atoms with Crippen LogP contribution in [0.4, 0.5) is 5.00 Å². The number of aromatic carboxylic acids is 1. The first kappa shape index (κ1) is 15.5. The standard InChI is InChI=1S/C13H14ClN3O3S/c1-3-4-17-6-8(14)5-9(17)11(18)15-12-10(13(19)20)7(2)16-21-12/h5-6H,3-4H2,1-2H3,(H,15,18)(H,19,20). The summed E-state index contributed by atoms with van der Waals surface area (Å²) in [5.74, 6) is -1.51. The van der Waals surface area contributed by atoms with Crippen molar-refractivity contribution >= 4 is 40.0 Å². The number of carboxylic acid groups (broad SMARTS) is 1. The van der Waals surface area contributed by atoms with E-state index in [1.54, 1.807) is 23.8 Å². The molecule has 6 nitrogen and oxygen atoms in total. The number of rotatable bonds is 5. The van der Waals surface area contributed by atoms with Crippen molar-refractivity contribution in [3.05, 3.63) is 34.2 Å². The second-order valence-corrected chi connectivity index (χ2v) is 5.68. The number of carbonyl (C=O) groups is 2. The van der Waals surface area contributed by atoms with Gasteiger partial charge in [-0.05, 0) is 30.9 Å². The van der Waals surface area contributed by atoms with Gasteiger partial charge in [0, 0.05) is 12.7 Å². The molecule has 0 saturated carbocycles. The summed E-state index contributed by atoms with van der Waals surface area (Å²) < 4.78 is 5.70. The van der Waals surface area contributed by atoms with Crippen LogP contribution in [-0.4, -0.2) is 25.9 Å². The van der Waals surface area contributed by atoms with Crippen LogP contribution in [0.5, 0.6) is 0 Å². The third kappa shape index (κ3) is 3.25. The fraction of sp³-hybridized carbons (Fsp3) is 0.308. The highest BCUT2D eigenvalue weighted by Gasteiger charge is 2.21. The van der Waals surface area contributed by atoms with Crippen molar-refractivity contribution in [3.63, 3.8) is 0 Å². The van der Waals surface area contributed by atoms with Crippen molar-refractivity contribution in [1.82, 2.24) is 8.94 Å². The third-order valence-corrected chi connectivity index (χ3v) is 3.92. The Hall–Kier alpha value is -1.86. The Morgan fingerprint density at radius 3 is 2.86 bits per heavy atom. The van der Waals surface area contributed by atoms with Gasteiger partial charge in [-0.3, -0.25) is 4.79 Å². The van der Waals surface area contributed by atoms with Gasteiger partial charge >= 0.3 is 5.97 Å². The molecule has 1 amide bonds. The Morgan fingerprint density at radius 1 is 1.52 bits per heavy atom. The van der Waals surface area contributed by atoms with E-state index in [1.807, 2.05) is 6.92 Å². The highest BCUT2D eigenvalue weighted by atomic mass is 35.5. The lowest BCUT2D eigenvalue weighted by molar-refractivity contribution is 0.0697. The quantitative estimate of drug-likeness (QED) is 0.882. The Kier molecular flexibility index (Phi) is 4.64. The molecule has 0 aliphatic heterocycles. The smallest absolute Gasteiger partial charge is 0.340 e. The van der Waals surface area contributed by atoms with Gasteiger partial charge in [0.1, 0.15) is 16.3 Å². The average Bonchev–Trinajstić information content (AvgIpc) is 2.93. The summed E-state index contributed by atoms with van der Waals surface area (Å²) in [4.78, 5) is 23.5. The number of halogens is 1. The minimum atomic E-state index is -1.11. The number of amides is 1. The van der Waals surface area contributed by atoms with Gasteiger partial charge in [0.05, 0.1) is 10.7 Å². The fourth-order valence-corrected chi connectivity index (χ4v) is 2.97. The predicted octanol–water partition coefficient (Wildman–Crippen LogP) is 3.27. The maximum atomic E-state index is 12.3. The minimum absolute atomic E-state index is 0.0213. The zero-order valence-electron chi connectivity index (χ0n) is 11.5. The molecule has 0 unspecified atom stereocenters. The maximum Gasteiger partial charge on any atom is 0.340 e. The molecule has 0 saturated heterocycles. The van der Waals surface area contributed by atoms with Crippen molar-refractivity contribution in [1.29, 1.82) is 0 Å². The van der Waals surface area contributed by atoms with Gasteiger partial charge in [-0.1, -0.05) is 18.5 Å². The predicted molar refractivity (Wildman–Crippen MR) is 81.5 cm³/mol. The molecule has 112 valence electrons. The van der Waals surface area contributed by atoms with Crippen molar-refractivity contribution in [2.75, 3.05) is 5.32 Å². The maximum absolute atomic E-state index is 12.3. The second kappa shape index (κ2) is 6.28. The van der Waals surface area contributed by atoms with E-state index in [4.69, 9.17) is 16.7 Å². The summed E-state index contributed by atoms with van der Waals surface area (Å²) in [5.41, 5.74) is 0.794. The minimum Gasteiger partial charge on any atom is -0.478 e. The molecule has 0 aliphatic carbocycles. The topological polar surface area (TPSA) is 84.2 Å². The molecule has 2 aromatic heterocycles. The fourth-order valence-electron chi connectivity index (χ4n) is 1.97. The average molecular weight is 328 g/mol. The summed E-state index contributed by atoms with van der Waals surface area (Å²) in [6, 6.07) is 1.56. The monoisotopic (exact) mass is 327 g/mol. The first-order chi connectivity index (χ1) is 9.93. The van der Waals surface area contributed by atoms with Gasteiger partial charge in [-0.2, -0.15) is 4.37 Å². The van der Waals surface area contributed by atoms with Gasteiger partial charge < -0.3 is 15.0 Å². The van der Waals surface area contributed by atoms with E-state index in [9.17, 15) is 9.59 Å². The van der Waals surface area contributed by atoms with Gasteiger partial charge in [-0.25, -0.2) is 4.79 Å². The Morgan fingerprint density at radius 2 is 2.24 bits per heavy atom. The van der Waals surface area contributed by atoms with Crippen LogP contribution in [0.3, 0.4) is 0 Å². The largest absolute Gasteiger partial charge is 0.478 e. The van der Waals surface area contributed by atoms with E-state index in [0.717, 1.165) is 18.0 Å². The lowest BCUT2D eigenvalue weighted by atomic mass is 10.2. The molecule has 2 heterocycles. The molecule has 0 spiro atoms. The molecule has 2 N–H and O–H groups in total. The number of aromatic nitrogens is 2. The van der Waals surface area contributed by atoms with Crippen LogP contribution in [0.25, 0.3) is 0 Å². The molecular formula is C13H14ClN3O3S. The SMILES string of the molecule is CCCn1cc(Cl)cc1C(=O)Nc1snc(C)c1C(=O)O. The summed E-state index contributed by atoms with van der Waals surface area (Å²) >= 11 is 6.88. The molecule has 8 heteroatoms. The number of nitrogens with zero attached hydrogens (tertiary/aromatic N) is 2. The third-order valence-electron chi connectivity index (χ3n) is 2.86. The first-order valence-electron chi connectivity index (χ1n) is 6.30. The van der Waals surface area contributed by atoms with E-state index in [0.29, 0.717) is 23.0 Å². The van der Waals surface area contributed by atoms with Crippen LogP contribution in [0.2, 0.25) is 5.02 Å². The number of anilines is 1. The van der Waals surface area contributed by atoms with E-state index in [1.165, 1.54) is 0 Å². The number of carboxylic acids is 1. The van der Waals surface area contributed by atoms with Gasteiger partial charge in [0.15, 0.2) is 0 Å². The number of carbonyl (C=O) groups excluding carboxylic acids is 1. The summed E-state index contributed by atoms with van der Waals surface area (Å²) in [6.45, 7) is 4.24. The lowest BCUT2D eigenvalue weighted by Gasteiger charge is -2.07. The van der Waals surface area contributed by atoms with Gasteiger partial charge in [0.2, 0.25) is 0 Å². The Balaban J connectivity index is 2.28. The van der Waals surface area contributed by atoms with Crippen molar-refractivity contribution < 1.29 is 14.7 Å². The van der Waals surface area contributed by atoms with Crippen LogP contribution in [-0.2, 0) is 6.54 Å². The first-order valence-corrected chi connectivity index (χ1v) is 7.45. The second-order valence-electron chi connectivity index (χ2n) is 4.47. The van der Waals surface area contributed by atoms with Crippen LogP contribution in [0, 0.1) is 6.92 Å². The molecule has 0 atom stereocenters. The van der Waals surface area contributed by atoms with Gasteiger partial charge in [0.25, 0.3) is 5.91 Å². The van der Waals surface area contributed by atoms with E-state index < -0.39 is 11.9 Å². The van der Waals surface area contributed by atoms with Crippen LogP contribution in [0.15, 0.2) is 12.3 Å². The molecule has 0 aromatic carbocycles. The summed E-state index contributed by atoms with van der Waals surface area (Å²) in [7, 11) is 0. The van der Waals surface area contributed by atoms with E-state index in [-0.39, 0.29) is 10.6 Å². The highest BCUT2D eigenvalue weighted by molar-refractivity contribution is 7.11. The molecule has 2 aromatic rings. The molecule has 2 rings (SSSR count). The zero-order chi connectivity index (χ0) is 15.6. The number of aryl methyl sites for hydroxylation is 2. The van der Waals surface area contributed by atoms with Crippen LogP contribution in [0.1, 0.15) is 39.9 Å². The molecule has 0 aliphatic rings. The van der Waals surface area contributed by atoms with Crippen LogP contribution >= 0.6 is 23.1 Å². The number of nitrogens with one attached hydrogen (secondary N) is 1. The summed E-state index contributed by atoms with van der Waals surface area (Å²) in [6.07, 6.45) is 2.53. The summed E-state index contributed by atoms with van der Waals surface area (Å²) in [5, 5.41) is 12.4. The highest BCUT2D eigenvalue weighted by Crippen LogP contribution is 2.25. The molecule has 0 fully saturated rings. The van der Waals surface area contributed by atoms with E-state index in [2.05, 4.69) is 9.69 Å². The van der Waals surface area contributed by atoms with E-state index >= 15 is 0 Å². The number of hydrogen-bond acceptors (Lipinski definition) is 4. The number of hydrogen-bond donors (Lipinski definition) is 2. The van der Waals surface area contributed by atoms with Gasteiger partial charge in [-0.15, -0.1) is 0 Å². The van der Waals surface area contributed by atoms with Crippen molar-refractivity contribution in [2.24, 2.45) is 0 Å². The lowest BCUT2D eigenvalue weighted by Crippen LogP contribution is -2.17. The Bertz CT molecular complexity index is 693. The van der Waals surface area contributed by atoms with Crippen molar-refractivity contribution in [3.8, 4) is 0 Å². The van der Waals surface area contributed by atoms with Crippen LogP contribution < -0.4 is 5.32 Å². The molecule has 0 bridgehead atoms. The normalized spacial score (nSPS) is 10.6. The molecule has 0 radical (unpaired) electrons. The Labute approximate surface area is 130 Å². The molecule has 21 heavy (non-hydrogen) atoms. The van der Waals surface area contributed by atoms with Crippen molar-refractivity contribution in [2.45, 2.75) is 26.8 Å². The zero-order valence-corrected chi connectivity index (χ0v) is 13.1. The molecular weight excluding hydrogens is 314 g/mol.